The third-order valence-corrected chi connectivity index (χ3v) is 6.29. The van der Waals surface area contributed by atoms with Crippen LogP contribution >= 0.6 is 0 Å². The lowest BCUT2D eigenvalue weighted by molar-refractivity contribution is -0.136. The van der Waals surface area contributed by atoms with Gasteiger partial charge in [-0.2, -0.15) is 0 Å². The molecular weight excluding hydrogens is 438 g/mol. The predicted molar refractivity (Wildman–Crippen MR) is 124 cm³/mol. The zero-order chi connectivity index (χ0) is 24.2. The van der Waals surface area contributed by atoms with Gasteiger partial charge < -0.3 is 15.0 Å². The molecule has 0 radical (unpaired) electrons. The first-order valence-electron chi connectivity index (χ1n) is 11.1. The number of nitrogens with one attached hydrogen (secondary N) is 1. The molecule has 0 spiro atoms. The highest BCUT2D eigenvalue weighted by molar-refractivity contribution is 5.89. The van der Waals surface area contributed by atoms with Crippen molar-refractivity contribution in [1.29, 1.82) is 0 Å². The van der Waals surface area contributed by atoms with Crippen LogP contribution in [-0.4, -0.2) is 29.9 Å². The van der Waals surface area contributed by atoms with Gasteiger partial charge in [-0.25, -0.2) is 13.6 Å². The molecule has 1 amide bonds. The van der Waals surface area contributed by atoms with Crippen molar-refractivity contribution in [2.24, 2.45) is 0 Å². The minimum Gasteiger partial charge on any atom is -0.465 e. The molecule has 0 aliphatic carbocycles. The van der Waals surface area contributed by atoms with E-state index in [0.717, 1.165) is 22.8 Å². The van der Waals surface area contributed by atoms with Crippen molar-refractivity contribution in [1.82, 2.24) is 10.2 Å². The van der Waals surface area contributed by atoms with Gasteiger partial charge in [0.05, 0.1) is 24.8 Å². The summed E-state index contributed by atoms with van der Waals surface area (Å²) in [6.07, 6.45) is 0.505. The van der Waals surface area contributed by atoms with E-state index in [1.165, 1.54) is 19.2 Å². The predicted octanol–water partition coefficient (Wildman–Crippen LogP) is 4.56. The number of carbonyl (C=O) groups excluding carboxylic acids is 2. The lowest BCUT2D eigenvalue weighted by Gasteiger charge is -2.35. The summed E-state index contributed by atoms with van der Waals surface area (Å²) in [6.45, 7) is 2.41. The van der Waals surface area contributed by atoms with E-state index in [1.807, 2.05) is 24.3 Å². The van der Waals surface area contributed by atoms with Crippen molar-refractivity contribution < 1.29 is 23.1 Å². The van der Waals surface area contributed by atoms with Crippen molar-refractivity contribution in [2.45, 2.75) is 38.5 Å². The summed E-state index contributed by atoms with van der Waals surface area (Å²) in [4.78, 5) is 27.0. The number of benzene rings is 3. The summed E-state index contributed by atoms with van der Waals surface area (Å²) in [7, 11) is 1.31. The van der Waals surface area contributed by atoms with Gasteiger partial charge >= 0.3 is 5.97 Å². The number of amides is 1. The number of methoxy groups -OCH3 is 1. The quantitative estimate of drug-likeness (QED) is 0.544. The van der Waals surface area contributed by atoms with E-state index < -0.39 is 29.7 Å². The summed E-state index contributed by atoms with van der Waals surface area (Å²) >= 11 is 0. The highest BCUT2D eigenvalue weighted by Crippen LogP contribution is 2.28. The molecule has 0 bridgehead atoms. The van der Waals surface area contributed by atoms with Crippen LogP contribution < -0.4 is 5.32 Å². The molecule has 176 valence electrons. The molecule has 0 unspecified atom stereocenters. The molecular formula is C27H26F2N2O3. The molecule has 3 aromatic carbocycles. The summed E-state index contributed by atoms with van der Waals surface area (Å²) in [6, 6.07) is 17.4. The van der Waals surface area contributed by atoms with Crippen molar-refractivity contribution in [3.63, 3.8) is 0 Å². The molecule has 1 N–H and O–H groups in total. The zero-order valence-corrected chi connectivity index (χ0v) is 19.1. The first-order valence-corrected chi connectivity index (χ1v) is 11.1. The summed E-state index contributed by atoms with van der Waals surface area (Å²) in [5, 5.41) is 3.29. The van der Waals surface area contributed by atoms with Crippen molar-refractivity contribution in [3.05, 3.63) is 106 Å². The lowest BCUT2D eigenvalue weighted by atomic mass is 9.94. The van der Waals surface area contributed by atoms with Gasteiger partial charge in [-0.15, -0.1) is 0 Å². The fourth-order valence-electron chi connectivity index (χ4n) is 4.31. The van der Waals surface area contributed by atoms with E-state index in [1.54, 1.807) is 36.1 Å². The highest BCUT2D eigenvalue weighted by Gasteiger charge is 2.32. The van der Waals surface area contributed by atoms with Crippen LogP contribution in [0.5, 0.6) is 0 Å². The minimum atomic E-state index is -0.962. The average molecular weight is 465 g/mol. The molecule has 5 nitrogen and oxygen atoms in total. The van der Waals surface area contributed by atoms with Crippen molar-refractivity contribution in [2.75, 3.05) is 7.11 Å². The van der Waals surface area contributed by atoms with E-state index in [2.05, 4.69) is 5.32 Å². The van der Waals surface area contributed by atoms with Gasteiger partial charge in [0.15, 0.2) is 11.6 Å². The van der Waals surface area contributed by atoms with Crippen LogP contribution in [0.2, 0.25) is 0 Å². The number of hydrogen-bond acceptors (Lipinski definition) is 4. The number of rotatable bonds is 6. The van der Waals surface area contributed by atoms with Crippen LogP contribution in [0, 0.1) is 11.6 Å². The average Bonchev–Trinajstić information content (AvgIpc) is 2.87. The standard InChI is InChI=1S/C27H26F2N2O3/c1-17(22-8-5-9-23(28)25(22)29)31(16-18-10-12-19(13-11-18)27(33)34-2)26(32)24-14-20-6-3-4-7-21(20)15-30-24/h3-13,17,24,30H,14-16H2,1-2H3/t17-,24+/m1/s1. The first kappa shape index (κ1) is 23.6. The third kappa shape index (κ3) is 4.84. The second-order valence-electron chi connectivity index (χ2n) is 8.38. The number of fused-ring (bicyclic) bond motifs is 1. The number of esters is 1. The van der Waals surface area contributed by atoms with Crippen LogP contribution in [0.3, 0.4) is 0 Å². The van der Waals surface area contributed by atoms with Crippen LogP contribution in [0.25, 0.3) is 0 Å². The summed E-state index contributed by atoms with van der Waals surface area (Å²) in [5.74, 6) is -2.58. The van der Waals surface area contributed by atoms with Gasteiger partial charge in [0, 0.05) is 18.7 Å². The number of halogens is 2. The van der Waals surface area contributed by atoms with E-state index in [9.17, 15) is 18.4 Å². The Balaban J connectivity index is 1.64. The van der Waals surface area contributed by atoms with E-state index in [0.29, 0.717) is 18.5 Å². The Morgan fingerprint density at radius 3 is 2.44 bits per heavy atom. The second-order valence-corrected chi connectivity index (χ2v) is 8.38. The smallest absolute Gasteiger partial charge is 0.337 e. The zero-order valence-electron chi connectivity index (χ0n) is 19.1. The van der Waals surface area contributed by atoms with Gasteiger partial charge in [0.2, 0.25) is 5.91 Å². The molecule has 0 saturated carbocycles. The molecule has 1 aliphatic rings. The maximum atomic E-state index is 14.7. The highest BCUT2D eigenvalue weighted by atomic mass is 19.2. The Morgan fingerprint density at radius 2 is 1.74 bits per heavy atom. The molecule has 0 saturated heterocycles. The van der Waals surface area contributed by atoms with Gasteiger partial charge in [0.25, 0.3) is 0 Å². The number of carbonyl (C=O) groups is 2. The Bertz CT molecular complexity index is 1200. The van der Waals surface area contributed by atoms with Crippen LogP contribution in [0.15, 0.2) is 66.7 Å². The fraction of sp³-hybridized carbons (Fsp3) is 0.259. The largest absolute Gasteiger partial charge is 0.465 e. The number of hydrogen-bond donors (Lipinski definition) is 1. The Morgan fingerprint density at radius 1 is 1.03 bits per heavy atom. The monoisotopic (exact) mass is 464 g/mol. The maximum absolute atomic E-state index is 14.7. The van der Waals surface area contributed by atoms with Gasteiger partial charge in [-0.1, -0.05) is 48.5 Å². The molecule has 7 heteroatoms. The second kappa shape index (κ2) is 10.1. The molecule has 4 rings (SSSR count). The fourth-order valence-corrected chi connectivity index (χ4v) is 4.31. The van der Waals surface area contributed by atoms with Crippen LogP contribution in [0.4, 0.5) is 8.78 Å². The van der Waals surface area contributed by atoms with Crippen molar-refractivity contribution in [3.8, 4) is 0 Å². The molecule has 1 heterocycles. The maximum Gasteiger partial charge on any atom is 0.337 e. The van der Waals surface area contributed by atoms with E-state index in [4.69, 9.17) is 4.74 Å². The molecule has 0 aromatic heterocycles. The first-order chi connectivity index (χ1) is 16.4. The van der Waals surface area contributed by atoms with Crippen LogP contribution in [-0.2, 0) is 29.0 Å². The topological polar surface area (TPSA) is 58.6 Å². The molecule has 0 fully saturated rings. The lowest BCUT2D eigenvalue weighted by Crippen LogP contribution is -2.50. The summed E-state index contributed by atoms with van der Waals surface area (Å²) < 4.78 is 33.4. The Hall–Kier alpha value is -3.58. The van der Waals surface area contributed by atoms with Gasteiger partial charge in [0.1, 0.15) is 0 Å². The van der Waals surface area contributed by atoms with E-state index in [-0.39, 0.29) is 18.0 Å². The Labute approximate surface area is 197 Å². The van der Waals surface area contributed by atoms with Gasteiger partial charge in [-0.3, -0.25) is 4.79 Å². The SMILES string of the molecule is COC(=O)c1ccc(CN(C(=O)[C@@H]2Cc3ccccc3CN2)[C@H](C)c2cccc(F)c2F)cc1. The van der Waals surface area contributed by atoms with E-state index >= 15 is 0 Å². The molecule has 2 atom stereocenters. The molecule has 1 aliphatic heterocycles. The van der Waals surface area contributed by atoms with Gasteiger partial charge in [-0.05, 0) is 48.2 Å². The molecule has 3 aromatic rings. The minimum absolute atomic E-state index is 0.107. The molecule has 34 heavy (non-hydrogen) atoms. The Kier molecular flexibility index (Phi) is 7.03. The van der Waals surface area contributed by atoms with Crippen molar-refractivity contribution >= 4 is 11.9 Å². The van der Waals surface area contributed by atoms with Crippen LogP contribution in [0.1, 0.15) is 45.6 Å². The number of ether oxygens (including phenoxy) is 1. The summed E-state index contributed by atoms with van der Waals surface area (Å²) in [5.41, 5.74) is 3.47. The number of nitrogens with zero attached hydrogens (tertiary/aromatic N) is 1. The normalized spacial score (nSPS) is 15.8. The third-order valence-electron chi connectivity index (χ3n) is 6.29.